The van der Waals surface area contributed by atoms with Gasteiger partial charge in [-0.1, -0.05) is 25.3 Å². The number of amides is 2. The number of carbonyl (C=O) groups is 1. The number of hydrogen-bond acceptors (Lipinski definition) is 3. The Bertz CT molecular complexity index is 451. The zero-order valence-electron chi connectivity index (χ0n) is 13.1. The number of carbonyl (C=O) groups excluding carboxylic acids is 1. The Morgan fingerprint density at radius 1 is 1.27 bits per heavy atom. The summed E-state index contributed by atoms with van der Waals surface area (Å²) in [5.74, 6) is 0. The van der Waals surface area contributed by atoms with E-state index in [-0.39, 0.29) is 12.1 Å². The van der Waals surface area contributed by atoms with Crippen molar-refractivity contribution < 1.29 is 9.53 Å². The summed E-state index contributed by atoms with van der Waals surface area (Å²) >= 11 is 1.71. The lowest BCUT2D eigenvalue weighted by Crippen LogP contribution is -2.47. The van der Waals surface area contributed by atoms with Crippen molar-refractivity contribution in [3.63, 3.8) is 0 Å². The highest BCUT2D eigenvalue weighted by Crippen LogP contribution is 2.20. The van der Waals surface area contributed by atoms with Gasteiger partial charge < -0.3 is 15.0 Å². The highest BCUT2D eigenvalue weighted by molar-refractivity contribution is 7.09. The standard InChI is InChI=1S/C17H26N2O2S/c20-17(18-14-6-2-1-3-7-14)19(12-15-8-4-10-21-15)13-16-9-5-11-22-16/h5,9,11,14-15H,1-4,6-8,10,12-13H2,(H,18,20). The number of urea groups is 1. The molecule has 0 bridgehead atoms. The zero-order chi connectivity index (χ0) is 15.2. The molecule has 0 aromatic carbocycles. The summed E-state index contributed by atoms with van der Waals surface area (Å²) in [4.78, 5) is 15.9. The van der Waals surface area contributed by atoms with E-state index >= 15 is 0 Å². The fraction of sp³-hybridized carbons (Fsp3) is 0.706. The molecule has 1 saturated carbocycles. The van der Waals surface area contributed by atoms with Crippen molar-refractivity contribution in [1.82, 2.24) is 10.2 Å². The van der Waals surface area contributed by atoms with E-state index in [4.69, 9.17) is 4.74 Å². The van der Waals surface area contributed by atoms with Gasteiger partial charge in [-0.25, -0.2) is 4.79 Å². The van der Waals surface area contributed by atoms with E-state index in [1.54, 1.807) is 11.3 Å². The first-order valence-corrected chi connectivity index (χ1v) is 9.38. The summed E-state index contributed by atoms with van der Waals surface area (Å²) in [5, 5.41) is 5.31. The fourth-order valence-electron chi connectivity index (χ4n) is 3.36. The van der Waals surface area contributed by atoms with Crippen LogP contribution in [0.3, 0.4) is 0 Å². The van der Waals surface area contributed by atoms with Crippen LogP contribution in [0, 0.1) is 0 Å². The molecule has 3 rings (SSSR count). The van der Waals surface area contributed by atoms with Crippen molar-refractivity contribution in [2.24, 2.45) is 0 Å². The van der Waals surface area contributed by atoms with Gasteiger partial charge >= 0.3 is 6.03 Å². The van der Waals surface area contributed by atoms with Gasteiger partial charge in [0.25, 0.3) is 0 Å². The normalized spacial score (nSPS) is 22.6. The monoisotopic (exact) mass is 322 g/mol. The highest BCUT2D eigenvalue weighted by atomic mass is 32.1. The predicted molar refractivity (Wildman–Crippen MR) is 89.1 cm³/mol. The summed E-state index contributed by atoms with van der Waals surface area (Å²) in [6, 6.07) is 4.58. The van der Waals surface area contributed by atoms with Gasteiger partial charge in [0, 0.05) is 24.1 Å². The van der Waals surface area contributed by atoms with E-state index in [9.17, 15) is 4.79 Å². The lowest BCUT2D eigenvalue weighted by molar-refractivity contribution is 0.0788. The van der Waals surface area contributed by atoms with Crippen molar-refractivity contribution in [2.45, 2.75) is 63.6 Å². The topological polar surface area (TPSA) is 41.6 Å². The number of thiophene rings is 1. The Hall–Kier alpha value is -1.07. The Balaban J connectivity index is 1.59. The molecule has 0 spiro atoms. The molecule has 1 atom stereocenters. The first-order valence-electron chi connectivity index (χ1n) is 8.50. The molecule has 1 aromatic rings. The van der Waals surface area contributed by atoms with E-state index in [0.29, 0.717) is 19.1 Å². The van der Waals surface area contributed by atoms with Crippen LogP contribution in [0.2, 0.25) is 0 Å². The molecule has 1 aliphatic heterocycles. The Kier molecular flexibility index (Phi) is 5.73. The molecule has 4 nitrogen and oxygen atoms in total. The third-order valence-corrected chi connectivity index (χ3v) is 5.46. The molecule has 5 heteroatoms. The summed E-state index contributed by atoms with van der Waals surface area (Å²) in [6.07, 6.45) is 8.41. The molecule has 0 radical (unpaired) electrons. The molecule has 2 aliphatic rings. The molecule has 2 fully saturated rings. The molecular weight excluding hydrogens is 296 g/mol. The van der Waals surface area contributed by atoms with Crippen LogP contribution < -0.4 is 5.32 Å². The van der Waals surface area contributed by atoms with Crippen molar-refractivity contribution in [3.8, 4) is 0 Å². The summed E-state index contributed by atoms with van der Waals surface area (Å²) < 4.78 is 5.72. The van der Waals surface area contributed by atoms with Crippen LogP contribution in [-0.2, 0) is 11.3 Å². The molecule has 1 unspecified atom stereocenters. The Morgan fingerprint density at radius 3 is 2.82 bits per heavy atom. The van der Waals surface area contributed by atoms with Crippen LogP contribution >= 0.6 is 11.3 Å². The van der Waals surface area contributed by atoms with Gasteiger partial charge in [-0.15, -0.1) is 11.3 Å². The lowest BCUT2D eigenvalue weighted by atomic mass is 9.96. The van der Waals surface area contributed by atoms with Crippen LogP contribution in [0.4, 0.5) is 4.79 Å². The Labute approximate surface area is 136 Å². The summed E-state index contributed by atoms with van der Waals surface area (Å²) in [6.45, 7) is 2.23. The molecule has 1 N–H and O–H groups in total. The second kappa shape index (κ2) is 7.97. The minimum atomic E-state index is 0.0794. The largest absolute Gasteiger partial charge is 0.376 e. The average Bonchev–Trinajstić information content (AvgIpc) is 3.21. The van der Waals surface area contributed by atoms with Gasteiger partial charge in [-0.05, 0) is 37.1 Å². The quantitative estimate of drug-likeness (QED) is 0.896. The van der Waals surface area contributed by atoms with Crippen molar-refractivity contribution in [2.75, 3.05) is 13.2 Å². The minimum absolute atomic E-state index is 0.0794. The van der Waals surface area contributed by atoms with Gasteiger partial charge in [0.2, 0.25) is 0 Å². The van der Waals surface area contributed by atoms with E-state index in [2.05, 4.69) is 16.8 Å². The molecule has 1 aliphatic carbocycles. The minimum Gasteiger partial charge on any atom is -0.376 e. The van der Waals surface area contributed by atoms with Crippen LogP contribution in [0.15, 0.2) is 17.5 Å². The number of rotatable bonds is 5. The molecule has 22 heavy (non-hydrogen) atoms. The zero-order valence-corrected chi connectivity index (χ0v) is 13.9. The second-order valence-corrected chi connectivity index (χ2v) is 7.41. The van der Waals surface area contributed by atoms with E-state index in [0.717, 1.165) is 32.3 Å². The van der Waals surface area contributed by atoms with Crippen LogP contribution in [-0.4, -0.2) is 36.2 Å². The number of nitrogens with zero attached hydrogens (tertiary/aromatic N) is 1. The summed E-state index contributed by atoms with van der Waals surface area (Å²) in [5.41, 5.74) is 0. The van der Waals surface area contributed by atoms with Crippen LogP contribution in [0.5, 0.6) is 0 Å². The van der Waals surface area contributed by atoms with Crippen molar-refractivity contribution in [1.29, 1.82) is 0 Å². The van der Waals surface area contributed by atoms with Gasteiger partial charge in [0.05, 0.1) is 12.6 Å². The first-order chi connectivity index (χ1) is 10.8. The fourth-order valence-corrected chi connectivity index (χ4v) is 4.08. The Morgan fingerprint density at radius 2 is 2.14 bits per heavy atom. The van der Waals surface area contributed by atoms with Crippen molar-refractivity contribution in [3.05, 3.63) is 22.4 Å². The van der Waals surface area contributed by atoms with Gasteiger partial charge in [-0.3, -0.25) is 0 Å². The van der Waals surface area contributed by atoms with Gasteiger partial charge in [-0.2, -0.15) is 0 Å². The molecular formula is C17H26N2O2S. The third kappa shape index (κ3) is 4.46. The smallest absolute Gasteiger partial charge is 0.318 e. The number of hydrogen-bond donors (Lipinski definition) is 1. The molecule has 122 valence electrons. The number of nitrogens with one attached hydrogen (secondary N) is 1. The molecule has 2 heterocycles. The molecule has 2 amide bonds. The maximum atomic E-state index is 12.7. The van der Waals surface area contributed by atoms with E-state index in [1.807, 2.05) is 11.0 Å². The second-order valence-electron chi connectivity index (χ2n) is 6.38. The number of ether oxygens (including phenoxy) is 1. The van der Waals surface area contributed by atoms with Crippen LogP contribution in [0.25, 0.3) is 0 Å². The summed E-state index contributed by atoms with van der Waals surface area (Å²) in [7, 11) is 0. The first kappa shape index (κ1) is 15.8. The predicted octanol–water partition coefficient (Wildman–Crippen LogP) is 3.77. The van der Waals surface area contributed by atoms with Gasteiger partial charge in [0.15, 0.2) is 0 Å². The van der Waals surface area contributed by atoms with E-state index in [1.165, 1.54) is 24.1 Å². The molecule has 1 saturated heterocycles. The van der Waals surface area contributed by atoms with Crippen LogP contribution in [0.1, 0.15) is 49.8 Å². The average molecular weight is 322 g/mol. The maximum absolute atomic E-state index is 12.7. The lowest BCUT2D eigenvalue weighted by Gasteiger charge is -2.29. The SMILES string of the molecule is O=C(NC1CCCCC1)N(Cc1cccs1)CC1CCCO1. The molecule has 1 aromatic heterocycles. The van der Waals surface area contributed by atoms with E-state index < -0.39 is 0 Å². The third-order valence-electron chi connectivity index (χ3n) is 4.59. The van der Waals surface area contributed by atoms with Gasteiger partial charge in [0.1, 0.15) is 0 Å². The maximum Gasteiger partial charge on any atom is 0.318 e. The van der Waals surface area contributed by atoms with Crippen molar-refractivity contribution >= 4 is 17.4 Å². The highest BCUT2D eigenvalue weighted by Gasteiger charge is 2.25.